The number of hydrogen-bond donors (Lipinski definition) is 1. The number of carbonyl (C=O) groups is 1. The number of nitrogens with one attached hydrogen (secondary N) is 1. The average Bonchev–Trinajstić information content (AvgIpc) is 3.22. The van der Waals surface area contributed by atoms with Gasteiger partial charge in [-0.25, -0.2) is 4.79 Å². The lowest BCUT2D eigenvalue weighted by molar-refractivity contribution is 0.0526. The first kappa shape index (κ1) is 19.6. The number of rotatable bonds is 6. The molecule has 0 unspecified atom stereocenters. The molecule has 1 aliphatic carbocycles. The SMILES string of the molecule is CCOC(=O)c1ccc2c(c1)[C@@H]1C=CC[C@@H]1[C@H](c1ccc(OCC(C)C)cc1)N2. The van der Waals surface area contributed by atoms with Crippen molar-refractivity contribution in [3.8, 4) is 5.75 Å². The van der Waals surface area contributed by atoms with Crippen molar-refractivity contribution in [2.75, 3.05) is 18.5 Å². The normalized spacial score (nSPS) is 22.0. The van der Waals surface area contributed by atoms with Gasteiger partial charge in [-0.05, 0) is 66.6 Å². The number of hydrogen-bond acceptors (Lipinski definition) is 4. The number of benzene rings is 2. The van der Waals surface area contributed by atoms with Crippen LogP contribution in [0.2, 0.25) is 0 Å². The molecule has 29 heavy (non-hydrogen) atoms. The van der Waals surface area contributed by atoms with Gasteiger partial charge in [-0.1, -0.05) is 38.1 Å². The Bertz CT molecular complexity index is 901. The molecular formula is C25H29NO3. The first-order chi connectivity index (χ1) is 14.1. The number of anilines is 1. The molecule has 2 aromatic rings. The zero-order chi connectivity index (χ0) is 20.4. The number of esters is 1. The summed E-state index contributed by atoms with van der Waals surface area (Å²) in [6, 6.07) is 14.6. The summed E-state index contributed by atoms with van der Waals surface area (Å²) in [5.41, 5.74) is 4.16. The molecule has 0 radical (unpaired) electrons. The third-order valence-electron chi connectivity index (χ3n) is 5.70. The fourth-order valence-electron chi connectivity index (χ4n) is 4.30. The van der Waals surface area contributed by atoms with Crippen LogP contribution in [0, 0.1) is 11.8 Å². The number of fused-ring (bicyclic) bond motifs is 3. The summed E-state index contributed by atoms with van der Waals surface area (Å²) in [6.45, 7) is 7.25. The minimum absolute atomic E-state index is 0.232. The Labute approximate surface area is 172 Å². The number of carbonyl (C=O) groups excluding carboxylic acids is 1. The fourth-order valence-corrected chi connectivity index (χ4v) is 4.30. The zero-order valence-electron chi connectivity index (χ0n) is 17.4. The molecule has 2 aliphatic rings. The molecule has 0 saturated heterocycles. The van der Waals surface area contributed by atoms with Crippen molar-refractivity contribution in [3.05, 3.63) is 71.3 Å². The summed E-state index contributed by atoms with van der Waals surface area (Å²) in [6.07, 6.45) is 5.57. The monoisotopic (exact) mass is 391 g/mol. The van der Waals surface area contributed by atoms with Crippen LogP contribution >= 0.6 is 0 Å². The van der Waals surface area contributed by atoms with Crippen molar-refractivity contribution in [1.29, 1.82) is 0 Å². The molecule has 0 aromatic heterocycles. The molecule has 3 atom stereocenters. The van der Waals surface area contributed by atoms with Gasteiger partial charge in [-0.15, -0.1) is 0 Å². The van der Waals surface area contributed by atoms with Crippen molar-refractivity contribution >= 4 is 11.7 Å². The van der Waals surface area contributed by atoms with Gasteiger partial charge in [-0.3, -0.25) is 0 Å². The molecule has 2 aromatic carbocycles. The van der Waals surface area contributed by atoms with Crippen LogP contribution in [0.1, 0.15) is 60.6 Å². The van der Waals surface area contributed by atoms with Gasteiger partial charge in [0, 0.05) is 11.6 Å². The first-order valence-corrected chi connectivity index (χ1v) is 10.5. The van der Waals surface area contributed by atoms with Crippen LogP contribution in [-0.4, -0.2) is 19.2 Å². The van der Waals surface area contributed by atoms with E-state index in [9.17, 15) is 4.79 Å². The average molecular weight is 392 g/mol. The topological polar surface area (TPSA) is 47.6 Å². The van der Waals surface area contributed by atoms with Crippen molar-refractivity contribution < 1.29 is 14.3 Å². The molecule has 1 N–H and O–H groups in total. The minimum Gasteiger partial charge on any atom is -0.493 e. The molecule has 0 bridgehead atoms. The van der Waals surface area contributed by atoms with Crippen LogP contribution in [0.25, 0.3) is 0 Å². The molecule has 0 spiro atoms. The molecule has 4 rings (SSSR count). The van der Waals surface area contributed by atoms with E-state index in [-0.39, 0.29) is 12.0 Å². The quantitative estimate of drug-likeness (QED) is 0.505. The lowest BCUT2D eigenvalue weighted by atomic mass is 9.76. The highest BCUT2D eigenvalue weighted by atomic mass is 16.5. The second kappa shape index (κ2) is 8.32. The smallest absolute Gasteiger partial charge is 0.338 e. The predicted octanol–water partition coefficient (Wildman–Crippen LogP) is 5.72. The molecule has 1 aliphatic heterocycles. The van der Waals surface area contributed by atoms with Gasteiger partial charge in [-0.2, -0.15) is 0 Å². The largest absolute Gasteiger partial charge is 0.493 e. The van der Waals surface area contributed by atoms with Crippen LogP contribution in [-0.2, 0) is 4.74 Å². The van der Waals surface area contributed by atoms with Crippen LogP contribution in [0.3, 0.4) is 0 Å². The number of ether oxygens (including phenoxy) is 2. The van der Waals surface area contributed by atoms with E-state index in [4.69, 9.17) is 9.47 Å². The molecule has 4 nitrogen and oxygen atoms in total. The Morgan fingerprint density at radius 3 is 2.69 bits per heavy atom. The molecule has 152 valence electrons. The molecular weight excluding hydrogens is 362 g/mol. The van der Waals surface area contributed by atoms with E-state index in [0.717, 1.165) is 24.5 Å². The molecule has 4 heteroatoms. The van der Waals surface area contributed by atoms with Crippen molar-refractivity contribution in [3.63, 3.8) is 0 Å². The van der Waals surface area contributed by atoms with Crippen molar-refractivity contribution in [2.45, 2.75) is 39.2 Å². The summed E-state index contributed by atoms with van der Waals surface area (Å²) >= 11 is 0. The molecule has 0 saturated carbocycles. The van der Waals surface area contributed by atoms with E-state index in [2.05, 4.69) is 55.6 Å². The van der Waals surface area contributed by atoms with Crippen LogP contribution in [0.4, 0.5) is 5.69 Å². The van der Waals surface area contributed by atoms with E-state index in [0.29, 0.717) is 29.9 Å². The van der Waals surface area contributed by atoms with Crippen molar-refractivity contribution in [2.24, 2.45) is 11.8 Å². The molecule has 0 fully saturated rings. The zero-order valence-corrected chi connectivity index (χ0v) is 17.4. The minimum atomic E-state index is -0.257. The summed E-state index contributed by atoms with van der Waals surface area (Å²) in [5.74, 6) is 1.91. The van der Waals surface area contributed by atoms with Crippen LogP contribution in [0.15, 0.2) is 54.6 Å². The maximum absolute atomic E-state index is 12.2. The fraction of sp³-hybridized carbons (Fsp3) is 0.400. The summed E-state index contributed by atoms with van der Waals surface area (Å²) in [7, 11) is 0. The first-order valence-electron chi connectivity index (χ1n) is 10.5. The van der Waals surface area contributed by atoms with E-state index in [1.54, 1.807) is 0 Å². The third-order valence-corrected chi connectivity index (χ3v) is 5.70. The molecule has 1 heterocycles. The van der Waals surface area contributed by atoms with Crippen LogP contribution in [0.5, 0.6) is 5.75 Å². The summed E-state index contributed by atoms with van der Waals surface area (Å²) < 4.78 is 11.0. The maximum Gasteiger partial charge on any atom is 0.338 e. The molecule has 0 amide bonds. The summed E-state index contributed by atoms with van der Waals surface area (Å²) in [4.78, 5) is 12.2. The van der Waals surface area contributed by atoms with E-state index >= 15 is 0 Å². The van der Waals surface area contributed by atoms with E-state index in [1.807, 2.05) is 25.1 Å². The Kier molecular flexibility index (Phi) is 5.61. The predicted molar refractivity (Wildman–Crippen MR) is 116 cm³/mol. The van der Waals surface area contributed by atoms with Crippen molar-refractivity contribution in [1.82, 2.24) is 0 Å². The third kappa shape index (κ3) is 4.02. The van der Waals surface area contributed by atoms with Gasteiger partial charge < -0.3 is 14.8 Å². The Balaban J connectivity index is 1.58. The Morgan fingerprint density at radius 1 is 1.17 bits per heavy atom. The number of allylic oxidation sites excluding steroid dienone is 2. The lowest BCUT2D eigenvalue weighted by Crippen LogP contribution is -2.29. The van der Waals surface area contributed by atoms with Crippen LogP contribution < -0.4 is 10.1 Å². The van der Waals surface area contributed by atoms with Gasteiger partial charge in [0.05, 0.1) is 24.8 Å². The van der Waals surface area contributed by atoms with Gasteiger partial charge in [0.1, 0.15) is 5.75 Å². The second-order valence-corrected chi connectivity index (χ2v) is 8.27. The highest BCUT2D eigenvalue weighted by Crippen LogP contribution is 2.50. The Hall–Kier alpha value is -2.75. The Morgan fingerprint density at radius 2 is 1.97 bits per heavy atom. The van der Waals surface area contributed by atoms with Gasteiger partial charge >= 0.3 is 5.97 Å². The second-order valence-electron chi connectivity index (χ2n) is 8.27. The maximum atomic E-state index is 12.2. The summed E-state index contributed by atoms with van der Waals surface area (Å²) in [5, 5.41) is 3.72. The van der Waals surface area contributed by atoms with Gasteiger partial charge in [0.25, 0.3) is 0 Å². The standard InChI is InChI=1S/C25H29NO3/c1-4-28-25(27)18-10-13-23-22(14-18)20-6-5-7-21(20)24(26-23)17-8-11-19(12-9-17)29-15-16(2)3/h5-6,8-14,16,20-21,24,26H,4,7,15H2,1-3H3/t20-,21+,24+/m1/s1. The highest BCUT2D eigenvalue weighted by molar-refractivity contribution is 5.90. The van der Waals surface area contributed by atoms with Gasteiger partial charge in [0.2, 0.25) is 0 Å². The lowest BCUT2D eigenvalue weighted by Gasteiger charge is -2.37. The highest BCUT2D eigenvalue weighted by Gasteiger charge is 2.38. The van der Waals surface area contributed by atoms with E-state index in [1.165, 1.54) is 11.1 Å². The van der Waals surface area contributed by atoms with Gasteiger partial charge in [0.15, 0.2) is 0 Å². The van der Waals surface area contributed by atoms with E-state index < -0.39 is 0 Å².